The molecule has 2 unspecified atom stereocenters. The van der Waals surface area contributed by atoms with Crippen LogP contribution in [0.3, 0.4) is 0 Å². The number of nitrogens with zero attached hydrogens (tertiary/aromatic N) is 7. The maximum Gasteiger partial charge on any atom is 0.213 e. The Bertz CT molecular complexity index is 2730. The van der Waals surface area contributed by atoms with Gasteiger partial charge >= 0.3 is 0 Å². The van der Waals surface area contributed by atoms with Crippen LogP contribution in [0, 0.1) is 20.8 Å². The van der Waals surface area contributed by atoms with E-state index in [1.54, 1.807) is 38.1 Å². The first-order chi connectivity index (χ1) is 27.1. The summed E-state index contributed by atoms with van der Waals surface area (Å²) >= 11 is 0. The van der Waals surface area contributed by atoms with E-state index < -0.39 is 15.1 Å². The quantitative estimate of drug-likeness (QED) is 0.172. The molecule has 11 heteroatoms. The molecule has 0 fully saturated rings. The Morgan fingerprint density at radius 3 is 1.80 bits per heavy atom. The highest BCUT2D eigenvalue weighted by atomic mass is 32.2. The number of allylic oxidation sites excluding steroid dienone is 2. The van der Waals surface area contributed by atoms with E-state index in [2.05, 4.69) is 72.7 Å². The van der Waals surface area contributed by atoms with E-state index in [4.69, 9.17) is 4.42 Å². The number of benzene rings is 5. The molecule has 2 atom stereocenters. The molecule has 1 aliphatic carbocycles. The van der Waals surface area contributed by atoms with Gasteiger partial charge in [-0.1, -0.05) is 109 Å². The van der Waals surface area contributed by atoms with Gasteiger partial charge in [0.15, 0.2) is 9.84 Å². The summed E-state index contributed by atoms with van der Waals surface area (Å²) in [5.41, 5.74) is 7.52. The fraction of sp³-hybridized carbons (Fsp3) is 0.156. The van der Waals surface area contributed by atoms with Crippen LogP contribution in [0.25, 0.3) is 39.1 Å². The minimum absolute atomic E-state index is 0.0973. The van der Waals surface area contributed by atoms with E-state index in [1.165, 1.54) is 5.52 Å². The van der Waals surface area contributed by atoms with Gasteiger partial charge < -0.3 is 13.9 Å². The lowest BCUT2D eigenvalue weighted by Gasteiger charge is -2.39. The summed E-state index contributed by atoms with van der Waals surface area (Å²) in [6.07, 6.45) is 7.42. The fourth-order valence-electron chi connectivity index (χ4n) is 6.94. The SMILES string of the molecule is CN1c2ccccc2S(=O)(=O)C2C=CC=CC21.Cc1nc2ccccc2n1-c1ccccc1.Cc1nnc(C)o1.Cn1c(-c2ccccc2)nc2ccccc21. The second-order valence-corrected chi connectivity index (χ2v) is 15.4. The molecule has 56 heavy (non-hydrogen) atoms. The molecule has 8 aromatic rings. The Kier molecular flexibility index (Phi) is 11.1. The molecule has 2 aliphatic rings. The third-order valence-corrected chi connectivity index (χ3v) is 11.7. The lowest BCUT2D eigenvalue weighted by atomic mass is 10.1. The van der Waals surface area contributed by atoms with E-state index in [0.717, 1.165) is 45.1 Å². The van der Waals surface area contributed by atoms with Gasteiger partial charge in [0.1, 0.15) is 16.9 Å². The first-order valence-corrected chi connectivity index (χ1v) is 19.8. The van der Waals surface area contributed by atoms with Gasteiger partial charge in [0.05, 0.1) is 38.7 Å². The average molecular weight is 762 g/mol. The van der Waals surface area contributed by atoms with Crippen LogP contribution >= 0.6 is 0 Å². The standard InChI is InChI=1S/2C14H12N2.C13H13NO2S.C4H6N2O/c1-16-13-10-6-5-9-12(13)15-14(16)11-7-3-2-4-8-11;1-11-15-13-9-5-6-10-14(13)16(11)12-7-3-2-4-8-12;1-14-10-6-2-4-8-12(10)17(15,16)13-9-5-3-7-11(13)14;1-3-5-6-4(2)7-3/h2*2-10H,1H3;2-10,12H,1H3;1-2H3. The van der Waals surface area contributed by atoms with Crippen molar-refractivity contribution in [1.29, 1.82) is 0 Å². The third-order valence-electron chi connectivity index (χ3n) is 9.60. The number of likely N-dealkylation sites (N-methyl/N-ethyl adjacent to an activating group) is 1. The fourth-order valence-corrected chi connectivity index (χ4v) is 8.95. The zero-order valence-corrected chi connectivity index (χ0v) is 32.7. The molecular formula is C45H43N7O3S. The summed E-state index contributed by atoms with van der Waals surface area (Å²) in [6, 6.07) is 44.1. The molecule has 282 valence electrons. The Morgan fingerprint density at radius 2 is 1.16 bits per heavy atom. The maximum atomic E-state index is 12.5. The summed E-state index contributed by atoms with van der Waals surface area (Å²) in [5, 5.41) is 6.73. The van der Waals surface area contributed by atoms with Crippen molar-refractivity contribution in [3.63, 3.8) is 0 Å². The van der Waals surface area contributed by atoms with Crippen molar-refractivity contribution in [2.75, 3.05) is 11.9 Å². The van der Waals surface area contributed by atoms with Crippen molar-refractivity contribution in [3.8, 4) is 17.1 Å². The molecular weight excluding hydrogens is 719 g/mol. The second kappa shape index (κ2) is 16.4. The van der Waals surface area contributed by atoms with Crippen LogP contribution in [0.15, 0.2) is 167 Å². The van der Waals surface area contributed by atoms with Crippen LogP contribution in [-0.4, -0.2) is 56.1 Å². The average Bonchev–Trinajstić information content (AvgIpc) is 3.91. The van der Waals surface area contributed by atoms with Crippen molar-refractivity contribution in [2.45, 2.75) is 37.0 Å². The lowest BCUT2D eigenvalue weighted by Crippen LogP contribution is -2.48. The highest BCUT2D eigenvalue weighted by Crippen LogP contribution is 2.38. The highest BCUT2D eigenvalue weighted by molar-refractivity contribution is 7.92. The summed E-state index contributed by atoms with van der Waals surface area (Å²) in [4.78, 5) is 11.7. The molecule has 0 amide bonds. The van der Waals surface area contributed by atoms with Crippen LogP contribution in [0.4, 0.5) is 5.69 Å². The predicted octanol–water partition coefficient (Wildman–Crippen LogP) is 9.03. The Labute approximate surface area is 327 Å². The van der Waals surface area contributed by atoms with Gasteiger partial charge in [-0.25, -0.2) is 18.4 Å². The molecule has 10 rings (SSSR count). The van der Waals surface area contributed by atoms with E-state index in [9.17, 15) is 8.42 Å². The van der Waals surface area contributed by atoms with Gasteiger partial charge in [-0.15, -0.1) is 10.2 Å². The number of para-hydroxylation sites is 6. The topological polar surface area (TPSA) is 112 Å². The summed E-state index contributed by atoms with van der Waals surface area (Å²) in [6.45, 7) is 5.56. The number of imidazole rings is 2. The summed E-state index contributed by atoms with van der Waals surface area (Å²) in [5.74, 6) is 3.28. The van der Waals surface area contributed by atoms with E-state index >= 15 is 0 Å². The van der Waals surface area contributed by atoms with Gasteiger partial charge in [-0.2, -0.15) is 0 Å². The number of sulfone groups is 1. The highest BCUT2D eigenvalue weighted by Gasteiger charge is 2.41. The number of rotatable bonds is 2. The van der Waals surface area contributed by atoms with Crippen molar-refractivity contribution in [3.05, 3.63) is 175 Å². The molecule has 5 aromatic carbocycles. The third kappa shape index (κ3) is 7.80. The Morgan fingerprint density at radius 1 is 0.607 bits per heavy atom. The predicted molar refractivity (Wildman–Crippen MR) is 224 cm³/mol. The first-order valence-electron chi connectivity index (χ1n) is 18.3. The Hall–Kier alpha value is -6.59. The normalized spacial score (nSPS) is 16.1. The number of aromatic nitrogens is 6. The minimum atomic E-state index is -3.26. The molecule has 0 N–H and O–H groups in total. The monoisotopic (exact) mass is 761 g/mol. The number of anilines is 1. The van der Waals surface area contributed by atoms with Crippen molar-refractivity contribution in [2.24, 2.45) is 7.05 Å². The van der Waals surface area contributed by atoms with Crippen molar-refractivity contribution < 1.29 is 12.8 Å². The summed E-state index contributed by atoms with van der Waals surface area (Å²) in [7, 11) is 0.737. The van der Waals surface area contributed by atoms with Gasteiger partial charge in [-0.3, -0.25) is 4.57 Å². The van der Waals surface area contributed by atoms with Gasteiger partial charge in [0.2, 0.25) is 11.8 Å². The smallest absolute Gasteiger partial charge is 0.213 e. The van der Waals surface area contributed by atoms with Gasteiger partial charge in [0.25, 0.3) is 0 Å². The maximum absolute atomic E-state index is 12.5. The van der Waals surface area contributed by atoms with Crippen LogP contribution in [-0.2, 0) is 16.9 Å². The van der Waals surface area contributed by atoms with E-state index in [0.29, 0.717) is 16.7 Å². The van der Waals surface area contributed by atoms with Crippen LogP contribution in [0.5, 0.6) is 0 Å². The second-order valence-electron chi connectivity index (χ2n) is 13.4. The van der Waals surface area contributed by atoms with Gasteiger partial charge in [-0.05, 0) is 55.5 Å². The number of hydrogen-bond acceptors (Lipinski definition) is 8. The Balaban J connectivity index is 0.000000119. The van der Waals surface area contributed by atoms with Gasteiger partial charge in [0, 0.05) is 39.2 Å². The van der Waals surface area contributed by atoms with Crippen LogP contribution < -0.4 is 4.90 Å². The molecule has 0 radical (unpaired) electrons. The molecule has 10 nitrogen and oxygen atoms in total. The molecule has 4 heterocycles. The number of fused-ring (bicyclic) bond motifs is 4. The minimum Gasteiger partial charge on any atom is -0.426 e. The van der Waals surface area contributed by atoms with Crippen LogP contribution in [0.1, 0.15) is 17.6 Å². The van der Waals surface area contributed by atoms with Crippen molar-refractivity contribution >= 4 is 37.6 Å². The lowest BCUT2D eigenvalue weighted by molar-refractivity contribution is 0.489. The number of hydrogen-bond donors (Lipinski definition) is 0. The molecule has 0 saturated carbocycles. The molecule has 3 aromatic heterocycles. The summed E-state index contributed by atoms with van der Waals surface area (Å²) < 4.78 is 34.1. The molecule has 0 saturated heterocycles. The zero-order valence-electron chi connectivity index (χ0n) is 31.9. The van der Waals surface area contributed by atoms with E-state index in [1.807, 2.05) is 116 Å². The molecule has 1 aliphatic heterocycles. The van der Waals surface area contributed by atoms with E-state index in [-0.39, 0.29) is 6.04 Å². The molecule has 0 bridgehead atoms. The molecule has 0 spiro atoms. The van der Waals surface area contributed by atoms with Crippen molar-refractivity contribution in [1.82, 2.24) is 29.3 Å². The van der Waals surface area contributed by atoms with Crippen LogP contribution in [0.2, 0.25) is 0 Å². The first kappa shape index (κ1) is 37.7. The number of aryl methyl sites for hydroxylation is 4. The largest absolute Gasteiger partial charge is 0.426 e. The zero-order chi connectivity index (χ0) is 39.2.